The number of nitrogens with one attached hydrogen (secondary N) is 2. The van der Waals surface area contributed by atoms with E-state index < -0.39 is 0 Å². The van der Waals surface area contributed by atoms with Crippen LogP contribution in [-0.2, 0) is 4.79 Å². The minimum absolute atomic E-state index is 0.0987. The molecule has 5 rings (SSSR count). The highest BCUT2D eigenvalue weighted by Gasteiger charge is 2.43. The summed E-state index contributed by atoms with van der Waals surface area (Å²) in [7, 11) is 0. The van der Waals surface area contributed by atoms with Gasteiger partial charge in [0.25, 0.3) is 0 Å². The van der Waals surface area contributed by atoms with Crippen LogP contribution in [-0.4, -0.2) is 43.2 Å². The Hall–Kier alpha value is -1.79. The summed E-state index contributed by atoms with van der Waals surface area (Å²) < 4.78 is 11.4. The van der Waals surface area contributed by atoms with E-state index in [1.54, 1.807) is 0 Å². The average molecular weight is 357 g/mol. The van der Waals surface area contributed by atoms with Crippen molar-refractivity contribution >= 4 is 5.91 Å². The van der Waals surface area contributed by atoms with Crippen molar-refractivity contribution in [3.8, 4) is 11.5 Å². The second kappa shape index (κ2) is 6.74. The third-order valence-corrected chi connectivity index (χ3v) is 6.47. The molecule has 3 fully saturated rings. The van der Waals surface area contributed by atoms with Crippen molar-refractivity contribution in [2.75, 3.05) is 26.3 Å². The maximum atomic E-state index is 13.4. The molecule has 26 heavy (non-hydrogen) atoms. The molecule has 0 radical (unpaired) electrons. The van der Waals surface area contributed by atoms with Gasteiger partial charge in [0.15, 0.2) is 11.5 Å². The molecule has 6 nitrogen and oxygen atoms in total. The number of ether oxygens (including phenoxy) is 2. The van der Waals surface area contributed by atoms with Crippen LogP contribution in [0.2, 0.25) is 0 Å². The predicted molar refractivity (Wildman–Crippen MR) is 96.9 cm³/mol. The zero-order valence-electron chi connectivity index (χ0n) is 15.1. The molecule has 3 aliphatic heterocycles. The summed E-state index contributed by atoms with van der Waals surface area (Å²) in [5, 5.41) is 0. The number of carbonyl (C=O) groups excluding carboxylic acids is 1. The molecule has 140 valence electrons. The van der Waals surface area contributed by atoms with E-state index in [0.717, 1.165) is 50.3 Å². The number of benzene rings is 1. The third-order valence-electron chi connectivity index (χ3n) is 6.47. The fourth-order valence-corrected chi connectivity index (χ4v) is 5.18. The molecule has 1 aromatic rings. The minimum Gasteiger partial charge on any atom is -0.486 e. The Morgan fingerprint density at radius 1 is 1.08 bits per heavy atom. The van der Waals surface area contributed by atoms with Gasteiger partial charge >= 0.3 is 0 Å². The van der Waals surface area contributed by atoms with E-state index in [4.69, 9.17) is 9.47 Å². The van der Waals surface area contributed by atoms with Gasteiger partial charge in [-0.15, -0.1) is 0 Å². The zero-order chi connectivity index (χ0) is 17.5. The number of likely N-dealkylation sites (tertiary alicyclic amines) is 1. The van der Waals surface area contributed by atoms with Crippen LogP contribution in [0.15, 0.2) is 18.2 Å². The summed E-state index contributed by atoms with van der Waals surface area (Å²) >= 11 is 0. The van der Waals surface area contributed by atoms with Crippen LogP contribution in [0.1, 0.15) is 43.7 Å². The molecule has 1 aliphatic carbocycles. The largest absolute Gasteiger partial charge is 0.486 e. The Kier molecular flexibility index (Phi) is 4.25. The third kappa shape index (κ3) is 2.76. The molecule has 6 heteroatoms. The number of hydrogen-bond acceptors (Lipinski definition) is 5. The molecule has 1 amide bonds. The number of amides is 1. The highest BCUT2D eigenvalue weighted by molar-refractivity contribution is 5.80. The number of fused-ring (bicyclic) bond motifs is 2. The van der Waals surface area contributed by atoms with E-state index in [-0.39, 0.29) is 18.0 Å². The van der Waals surface area contributed by atoms with Crippen molar-refractivity contribution in [3.63, 3.8) is 0 Å². The summed E-state index contributed by atoms with van der Waals surface area (Å²) in [6.45, 7) is 3.04. The molecule has 1 saturated carbocycles. The quantitative estimate of drug-likeness (QED) is 0.848. The summed E-state index contributed by atoms with van der Waals surface area (Å²) in [6, 6.07) is 6.61. The molecule has 4 aliphatic rings. The van der Waals surface area contributed by atoms with Gasteiger partial charge in [-0.3, -0.25) is 15.6 Å². The van der Waals surface area contributed by atoms with Gasteiger partial charge in [-0.1, -0.05) is 12.5 Å². The first-order chi connectivity index (χ1) is 12.8. The maximum Gasteiger partial charge on any atom is 0.227 e. The van der Waals surface area contributed by atoms with E-state index in [0.29, 0.717) is 25.0 Å². The van der Waals surface area contributed by atoms with Gasteiger partial charge in [0.1, 0.15) is 13.2 Å². The van der Waals surface area contributed by atoms with Crippen molar-refractivity contribution < 1.29 is 14.3 Å². The van der Waals surface area contributed by atoms with Gasteiger partial charge in [0.05, 0.1) is 12.0 Å². The molecule has 0 aromatic heterocycles. The molecular weight excluding hydrogens is 330 g/mol. The van der Waals surface area contributed by atoms with Crippen LogP contribution >= 0.6 is 0 Å². The normalized spacial score (nSPS) is 33.2. The van der Waals surface area contributed by atoms with Crippen molar-refractivity contribution in [2.45, 2.75) is 44.2 Å². The van der Waals surface area contributed by atoms with Crippen LogP contribution in [0.3, 0.4) is 0 Å². The molecule has 3 heterocycles. The highest BCUT2D eigenvalue weighted by atomic mass is 16.6. The van der Waals surface area contributed by atoms with Gasteiger partial charge in [-0.2, -0.15) is 0 Å². The lowest BCUT2D eigenvalue weighted by Gasteiger charge is -2.36. The van der Waals surface area contributed by atoms with Crippen LogP contribution in [0.5, 0.6) is 11.5 Å². The predicted octanol–water partition coefficient (Wildman–Crippen LogP) is 2.01. The number of hydrogen-bond donors (Lipinski definition) is 2. The first-order valence-electron chi connectivity index (χ1n) is 10.00. The second-order valence-electron chi connectivity index (χ2n) is 7.94. The van der Waals surface area contributed by atoms with Crippen LogP contribution in [0, 0.1) is 11.8 Å². The Labute approximate surface area is 154 Å². The number of nitrogens with zero attached hydrogens (tertiary/aromatic N) is 1. The first kappa shape index (κ1) is 16.4. The second-order valence-corrected chi connectivity index (χ2v) is 7.94. The van der Waals surface area contributed by atoms with Crippen LogP contribution < -0.4 is 20.3 Å². The van der Waals surface area contributed by atoms with Crippen molar-refractivity contribution in [3.05, 3.63) is 23.8 Å². The SMILES string of the molecule is O=C(C1CCCC2CNNC21)N1CCCC1c1ccc2c(c1)OCCO2. The summed E-state index contributed by atoms with van der Waals surface area (Å²) in [5.41, 5.74) is 7.81. The lowest BCUT2D eigenvalue weighted by Crippen LogP contribution is -2.49. The Morgan fingerprint density at radius 2 is 1.96 bits per heavy atom. The molecule has 0 spiro atoms. The monoisotopic (exact) mass is 357 g/mol. The number of hydrazine groups is 1. The fraction of sp³-hybridized carbons (Fsp3) is 0.650. The first-order valence-corrected chi connectivity index (χ1v) is 10.00. The van der Waals surface area contributed by atoms with E-state index in [1.165, 1.54) is 12.0 Å². The molecule has 1 aromatic carbocycles. The molecule has 2 saturated heterocycles. The molecule has 4 atom stereocenters. The number of rotatable bonds is 2. The average Bonchev–Trinajstić information content (AvgIpc) is 3.36. The zero-order valence-corrected chi connectivity index (χ0v) is 15.1. The molecule has 0 bridgehead atoms. The van der Waals surface area contributed by atoms with Gasteiger partial charge < -0.3 is 14.4 Å². The van der Waals surface area contributed by atoms with Gasteiger partial charge in [0.2, 0.25) is 5.91 Å². The van der Waals surface area contributed by atoms with Crippen molar-refractivity contribution in [2.24, 2.45) is 11.8 Å². The Morgan fingerprint density at radius 3 is 2.88 bits per heavy atom. The van der Waals surface area contributed by atoms with E-state index in [9.17, 15) is 4.79 Å². The van der Waals surface area contributed by atoms with E-state index in [2.05, 4.69) is 27.9 Å². The topological polar surface area (TPSA) is 62.8 Å². The number of carbonyl (C=O) groups is 1. The molecular formula is C20H27N3O3. The standard InChI is InChI=1S/C20H27N3O3/c24-20(15-4-1-3-14-12-21-22-19(14)15)23-8-2-5-16(23)13-6-7-17-18(11-13)26-10-9-25-17/h6-7,11,14-16,19,21-22H,1-5,8-10,12H2. The Bertz CT molecular complexity index is 695. The summed E-state index contributed by atoms with van der Waals surface area (Å²) in [6.07, 6.45) is 5.47. The summed E-state index contributed by atoms with van der Waals surface area (Å²) in [4.78, 5) is 15.5. The van der Waals surface area contributed by atoms with Gasteiger partial charge in [-0.25, -0.2) is 0 Å². The highest BCUT2D eigenvalue weighted by Crippen LogP contribution is 2.40. The lowest BCUT2D eigenvalue weighted by molar-refractivity contribution is -0.138. The maximum absolute atomic E-state index is 13.4. The molecule has 4 unspecified atom stereocenters. The van der Waals surface area contributed by atoms with E-state index >= 15 is 0 Å². The fourth-order valence-electron chi connectivity index (χ4n) is 5.18. The van der Waals surface area contributed by atoms with Crippen molar-refractivity contribution in [1.29, 1.82) is 0 Å². The van der Waals surface area contributed by atoms with Crippen LogP contribution in [0.4, 0.5) is 0 Å². The van der Waals surface area contributed by atoms with Gasteiger partial charge in [0, 0.05) is 19.1 Å². The smallest absolute Gasteiger partial charge is 0.227 e. The Balaban J connectivity index is 1.37. The van der Waals surface area contributed by atoms with Crippen molar-refractivity contribution in [1.82, 2.24) is 15.8 Å². The molecule has 2 N–H and O–H groups in total. The minimum atomic E-state index is 0.0987. The van der Waals surface area contributed by atoms with E-state index in [1.807, 2.05) is 6.07 Å². The summed E-state index contributed by atoms with van der Waals surface area (Å²) in [5.74, 6) is 2.64. The lowest BCUT2D eigenvalue weighted by atomic mass is 9.77. The van der Waals surface area contributed by atoms with Gasteiger partial charge in [-0.05, 0) is 49.3 Å². The van der Waals surface area contributed by atoms with Crippen LogP contribution in [0.25, 0.3) is 0 Å².